The second-order valence-corrected chi connectivity index (χ2v) is 8.15. The highest BCUT2D eigenvalue weighted by molar-refractivity contribution is 5.87. The smallest absolute Gasteiger partial charge is 0.240 e. The molecule has 0 bridgehead atoms. The molecular formula is C27H30N2O4. The number of ether oxygens (including phenoxy) is 2. The molecule has 172 valence electrons. The molecule has 3 N–H and O–H groups in total. The maximum absolute atomic E-state index is 12.1. The molecule has 0 unspecified atom stereocenters. The van der Waals surface area contributed by atoms with Gasteiger partial charge in [-0.3, -0.25) is 9.59 Å². The van der Waals surface area contributed by atoms with Crippen LogP contribution in [-0.4, -0.2) is 17.9 Å². The number of nitrogens with one attached hydrogen (secondary N) is 1. The third-order valence-electron chi connectivity index (χ3n) is 5.11. The van der Waals surface area contributed by atoms with Crippen LogP contribution in [0, 0.1) is 5.92 Å². The maximum Gasteiger partial charge on any atom is 0.240 e. The van der Waals surface area contributed by atoms with Crippen LogP contribution in [-0.2, 0) is 29.2 Å². The van der Waals surface area contributed by atoms with E-state index in [0.29, 0.717) is 24.7 Å². The van der Waals surface area contributed by atoms with Gasteiger partial charge in [0.1, 0.15) is 19.3 Å². The predicted molar refractivity (Wildman–Crippen MR) is 128 cm³/mol. The average Bonchev–Trinajstić information content (AvgIpc) is 2.82. The Labute approximate surface area is 194 Å². The van der Waals surface area contributed by atoms with Gasteiger partial charge in [0.2, 0.25) is 11.8 Å². The van der Waals surface area contributed by atoms with E-state index in [1.54, 1.807) is 13.8 Å². The number of carbonyl (C=O) groups is 2. The lowest BCUT2D eigenvalue weighted by Crippen LogP contribution is -2.47. The summed E-state index contributed by atoms with van der Waals surface area (Å²) in [5.74, 6) is 0.110. The third kappa shape index (κ3) is 7.38. The Morgan fingerprint density at radius 2 is 1.33 bits per heavy atom. The van der Waals surface area contributed by atoms with E-state index in [0.717, 1.165) is 16.7 Å². The van der Waals surface area contributed by atoms with E-state index >= 15 is 0 Å². The Morgan fingerprint density at radius 3 is 1.85 bits per heavy atom. The first-order chi connectivity index (χ1) is 15.9. The molecule has 33 heavy (non-hydrogen) atoms. The lowest BCUT2D eigenvalue weighted by atomic mass is 10.0. The third-order valence-corrected chi connectivity index (χ3v) is 5.11. The fraction of sp³-hybridized carbons (Fsp3) is 0.259. The molecular weight excluding hydrogens is 416 g/mol. The molecule has 0 radical (unpaired) electrons. The molecule has 0 spiro atoms. The fourth-order valence-electron chi connectivity index (χ4n) is 3.18. The lowest BCUT2D eigenvalue weighted by molar-refractivity contribution is -0.129. The van der Waals surface area contributed by atoms with E-state index in [-0.39, 0.29) is 18.2 Å². The summed E-state index contributed by atoms with van der Waals surface area (Å²) in [6, 6.07) is 24.4. The first kappa shape index (κ1) is 23.9. The molecule has 0 saturated heterocycles. The predicted octanol–water partition coefficient (Wildman–Crippen LogP) is 4.01. The Balaban J connectivity index is 1.79. The standard InChI is InChI=1S/C27H30N2O4/c1-19(2)27(31)29-23(26(28)30)15-22-13-14-24(32-17-20-9-5-3-6-10-20)25(16-22)33-18-21-11-7-4-8-12-21/h3-14,16,19,23H,15,17-18H2,1-2H3,(H2,28,30)(H,29,31)/t23-/m0/s1. The number of primary amides is 1. The monoisotopic (exact) mass is 446 g/mol. The van der Waals surface area contributed by atoms with Gasteiger partial charge < -0.3 is 20.5 Å². The quantitative estimate of drug-likeness (QED) is 0.466. The molecule has 3 aromatic rings. The van der Waals surface area contributed by atoms with Crippen LogP contribution in [0.25, 0.3) is 0 Å². The Hall–Kier alpha value is -3.80. The minimum Gasteiger partial charge on any atom is -0.485 e. The van der Waals surface area contributed by atoms with Crippen LogP contribution < -0.4 is 20.5 Å². The maximum atomic E-state index is 12.1. The van der Waals surface area contributed by atoms with Gasteiger partial charge in [-0.1, -0.05) is 80.6 Å². The van der Waals surface area contributed by atoms with Gasteiger partial charge in [-0.05, 0) is 28.8 Å². The van der Waals surface area contributed by atoms with Crippen LogP contribution in [0.3, 0.4) is 0 Å². The van der Waals surface area contributed by atoms with Crippen molar-refractivity contribution < 1.29 is 19.1 Å². The normalized spacial score (nSPS) is 11.6. The number of carbonyl (C=O) groups excluding carboxylic acids is 2. The van der Waals surface area contributed by atoms with Crippen molar-refractivity contribution in [1.29, 1.82) is 0 Å². The molecule has 0 aliphatic heterocycles. The van der Waals surface area contributed by atoms with Crippen LogP contribution in [0.5, 0.6) is 11.5 Å². The van der Waals surface area contributed by atoms with Crippen LogP contribution in [0.15, 0.2) is 78.9 Å². The number of nitrogens with two attached hydrogens (primary N) is 1. The van der Waals surface area contributed by atoms with Gasteiger partial charge in [0.05, 0.1) is 0 Å². The second-order valence-electron chi connectivity index (χ2n) is 8.15. The number of benzene rings is 3. The van der Waals surface area contributed by atoms with Crippen molar-refractivity contribution in [3.05, 3.63) is 95.6 Å². The SMILES string of the molecule is CC(C)C(=O)N[C@@H](Cc1ccc(OCc2ccccc2)c(OCc2ccccc2)c1)C(N)=O. The first-order valence-electron chi connectivity index (χ1n) is 11.0. The molecule has 3 aromatic carbocycles. The number of amides is 2. The van der Waals surface area contributed by atoms with Gasteiger partial charge in [-0.25, -0.2) is 0 Å². The molecule has 0 heterocycles. The van der Waals surface area contributed by atoms with Crippen molar-refractivity contribution in [2.45, 2.75) is 39.5 Å². The van der Waals surface area contributed by atoms with E-state index in [2.05, 4.69) is 5.32 Å². The molecule has 0 aromatic heterocycles. The largest absolute Gasteiger partial charge is 0.485 e. The van der Waals surface area contributed by atoms with Crippen LogP contribution >= 0.6 is 0 Å². The van der Waals surface area contributed by atoms with E-state index < -0.39 is 11.9 Å². The zero-order valence-electron chi connectivity index (χ0n) is 19.0. The summed E-state index contributed by atoms with van der Waals surface area (Å²) >= 11 is 0. The van der Waals surface area contributed by atoms with Crippen molar-refractivity contribution in [3.63, 3.8) is 0 Å². The summed E-state index contributed by atoms with van der Waals surface area (Å²) in [4.78, 5) is 24.0. The average molecular weight is 447 g/mol. The summed E-state index contributed by atoms with van der Waals surface area (Å²) in [5, 5.41) is 2.72. The van der Waals surface area contributed by atoms with Gasteiger partial charge in [0, 0.05) is 12.3 Å². The highest BCUT2D eigenvalue weighted by Gasteiger charge is 2.21. The van der Waals surface area contributed by atoms with Crippen LogP contribution in [0.1, 0.15) is 30.5 Å². The minimum absolute atomic E-state index is 0.220. The van der Waals surface area contributed by atoms with Crippen LogP contribution in [0.2, 0.25) is 0 Å². The summed E-state index contributed by atoms with van der Waals surface area (Å²) < 4.78 is 12.1. The molecule has 6 heteroatoms. The lowest BCUT2D eigenvalue weighted by Gasteiger charge is -2.19. The summed E-state index contributed by atoms with van der Waals surface area (Å²) in [6.45, 7) is 4.30. The molecule has 6 nitrogen and oxygen atoms in total. The Kier molecular flexibility index (Phi) is 8.47. The van der Waals surface area contributed by atoms with Crippen molar-refractivity contribution in [3.8, 4) is 11.5 Å². The van der Waals surface area contributed by atoms with E-state index in [4.69, 9.17) is 15.2 Å². The number of rotatable bonds is 11. The minimum atomic E-state index is -0.807. The highest BCUT2D eigenvalue weighted by Crippen LogP contribution is 2.30. The Bertz CT molecular complexity index is 1050. The van der Waals surface area contributed by atoms with E-state index in [9.17, 15) is 9.59 Å². The Morgan fingerprint density at radius 1 is 0.788 bits per heavy atom. The van der Waals surface area contributed by atoms with Crippen molar-refractivity contribution in [2.75, 3.05) is 0 Å². The first-order valence-corrected chi connectivity index (χ1v) is 11.0. The van der Waals surface area contributed by atoms with Gasteiger partial charge in [0.15, 0.2) is 11.5 Å². The number of hydrogen-bond acceptors (Lipinski definition) is 4. The topological polar surface area (TPSA) is 90.7 Å². The zero-order chi connectivity index (χ0) is 23.6. The van der Waals surface area contributed by atoms with Gasteiger partial charge in [-0.15, -0.1) is 0 Å². The van der Waals surface area contributed by atoms with Crippen molar-refractivity contribution >= 4 is 11.8 Å². The molecule has 0 saturated carbocycles. The van der Waals surface area contributed by atoms with Crippen molar-refractivity contribution in [1.82, 2.24) is 5.32 Å². The van der Waals surface area contributed by atoms with E-state index in [1.165, 1.54) is 0 Å². The molecule has 1 atom stereocenters. The molecule has 2 amide bonds. The zero-order valence-corrected chi connectivity index (χ0v) is 19.0. The molecule has 3 rings (SSSR count). The molecule has 0 aliphatic carbocycles. The number of hydrogen-bond donors (Lipinski definition) is 2. The van der Waals surface area contributed by atoms with Crippen LogP contribution in [0.4, 0.5) is 0 Å². The summed E-state index contributed by atoms with van der Waals surface area (Å²) in [5.41, 5.74) is 8.41. The van der Waals surface area contributed by atoms with Gasteiger partial charge in [0.25, 0.3) is 0 Å². The fourth-order valence-corrected chi connectivity index (χ4v) is 3.18. The molecule has 0 aliphatic rings. The summed E-state index contributed by atoms with van der Waals surface area (Å²) in [7, 11) is 0. The van der Waals surface area contributed by atoms with Crippen molar-refractivity contribution in [2.24, 2.45) is 11.7 Å². The second kappa shape index (κ2) is 11.7. The molecule has 0 fully saturated rings. The highest BCUT2D eigenvalue weighted by atomic mass is 16.5. The van der Waals surface area contributed by atoms with Gasteiger partial charge >= 0.3 is 0 Å². The van der Waals surface area contributed by atoms with E-state index in [1.807, 2.05) is 78.9 Å². The van der Waals surface area contributed by atoms with Gasteiger partial charge in [-0.2, -0.15) is 0 Å². The summed E-state index contributed by atoms with van der Waals surface area (Å²) in [6.07, 6.45) is 0.258.